The minimum atomic E-state index is 0.0699. The zero-order chi connectivity index (χ0) is 13.0. The van der Waals surface area contributed by atoms with E-state index in [4.69, 9.17) is 15.9 Å². The minimum Gasteiger partial charge on any atom is -0.489 e. The molecule has 0 saturated heterocycles. The van der Waals surface area contributed by atoms with Crippen LogP contribution in [0.2, 0.25) is 0 Å². The molecule has 0 unspecified atom stereocenters. The van der Waals surface area contributed by atoms with Crippen molar-refractivity contribution >= 4 is 21.8 Å². The van der Waals surface area contributed by atoms with E-state index in [1.54, 1.807) is 0 Å². The average Bonchev–Trinajstić information content (AvgIpc) is 2.38. The first kappa shape index (κ1) is 12.6. The summed E-state index contributed by atoms with van der Waals surface area (Å²) in [6.45, 7) is 0.461. The highest BCUT2D eigenvalue weighted by atomic mass is 79.9. The first-order valence-corrected chi connectivity index (χ1v) is 6.26. The van der Waals surface area contributed by atoms with Crippen LogP contribution in [0.25, 0.3) is 0 Å². The molecule has 0 spiro atoms. The predicted octanol–water partition coefficient (Wildman–Crippen LogP) is 3.31. The highest BCUT2D eigenvalue weighted by Gasteiger charge is 2.00. The van der Waals surface area contributed by atoms with E-state index in [-0.39, 0.29) is 5.84 Å². The van der Waals surface area contributed by atoms with Crippen LogP contribution in [0, 0.1) is 5.41 Å². The zero-order valence-electron chi connectivity index (χ0n) is 9.69. The van der Waals surface area contributed by atoms with Crippen molar-refractivity contribution in [2.24, 2.45) is 5.73 Å². The summed E-state index contributed by atoms with van der Waals surface area (Å²) in [6, 6.07) is 15.2. The van der Waals surface area contributed by atoms with E-state index in [1.165, 1.54) is 0 Å². The molecular formula is C14H13BrN2O. The number of rotatable bonds is 4. The summed E-state index contributed by atoms with van der Waals surface area (Å²) in [5, 5.41) is 7.38. The fourth-order valence-corrected chi connectivity index (χ4v) is 1.79. The Hall–Kier alpha value is -1.81. The van der Waals surface area contributed by atoms with E-state index in [1.807, 2.05) is 48.5 Å². The van der Waals surface area contributed by atoms with Gasteiger partial charge in [0.2, 0.25) is 0 Å². The molecule has 0 aromatic heterocycles. The molecule has 0 saturated carbocycles. The molecule has 0 aliphatic heterocycles. The molecule has 0 bridgehead atoms. The molecule has 4 heteroatoms. The van der Waals surface area contributed by atoms with Crippen LogP contribution >= 0.6 is 15.9 Å². The van der Waals surface area contributed by atoms with Crippen molar-refractivity contribution < 1.29 is 4.74 Å². The minimum absolute atomic E-state index is 0.0699. The van der Waals surface area contributed by atoms with Crippen LogP contribution in [0.15, 0.2) is 53.0 Å². The molecule has 3 N–H and O–H groups in total. The number of hydrogen-bond acceptors (Lipinski definition) is 2. The second-order valence-corrected chi connectivity index (χ2v) is 4.77. The Morgan fingerprint density at radius 1 is 1.17 bits per heavy atom. The fourth-order valence-electron chi connectivity index (χ4n) is 1.53. The van der Waals surface area contributed by atoms with Crippen molar-refractivity contribution in [3.63, 3.8) is 0 Å². The number of nitrogens with one attached hydrogen (secondary N) is 1. The molecule has 18 heavy (non-hydrogen) atoms. The Bertz CT molecular complexity index is 552. The molecule has 0 fully saturated rings. The summed E-state index contributed by atoms with van der Waals surface area (Å²) in [4.78, 5) is 0. The van der Waals surface area contributed by atoms with Gasteiger partial charge in [-0.15, -0.1) is 0 Å². The van der Waals surface area contributed by atoms with Gasteiger partial charge in [0.1, 0.15) is 18.2 Å². The van der Waals surface area contributed by atoms with E-state index in [0.717, 1.165) is 15.8 Å². The summed E-state index contributed by atoms with van der Waals surface area (Å²) < 4.78 is 6.67. The lowest BCUT2D eigenvalue weighted by molar-refractivity contribution is 0.306. The normalized spacial score (nSPS) is 10.1. The van der Waals surface area contributed by atoms with Crippen molar-refractivity contribution in [2.75, 3.05) is 0 Å². The van der Waals surface area contributed by atoms with Gasteiger partial charge in [-0.1, -0.05) is 34.1 Å². The average molecular weight is 305 g/mol. The lowest BCUT2D eigenvalue weighted by Crippen LogP contribution is -2.11. The first-order chi connectivity index (χ1) is 8.65. The maximum atomic E-state index is 7.38. The number of ether oxygens (including phenoxy) is 1. The maximum Gasteiger partial charge on any atom is 0.122 e. The van der Waals surface area contributed by atoms with E-state index in [0.29, 0.717) is 12.2 Å². The number of amidine groups is 1. The molecule has 92 valence electrons. The van der Waals surface area contributed by atoms with Gasteiger partial charge < -0.3 is 10.5 Å². The fraction of sp³-hybridized carbons (Fsp3) is 0.0714. The van der Waals surface area contributed by atoms with Crippen molar-refractivity contribution in [2.45, 2.75) is 6.61 Å². The third-order valence-electron chi connectivity index (χ3n) is 2.46. The van der Waals surface area contributed by atoms with Crippen molar-refractivity contribution in [3.05, 3.63) is 64.1 Å². The van der Waals surface area contributed by atoms with Crippen molar-refractivity contribution in [1.82, 2.24) is 0 Å². The lowest BCUT2D eigenvalue weighted by Gasteiger charge is -2.07. The van der Waals surface area contributed by atoms with Gasteiger partial charge in [-0.3, -0.25) is 5.41 Å². The largest absolute Gasteiger partial charge is 0.489 e. The van der Waals surface area contributed by atoms with Gasteiger partial charge in [-0.2, -0.15) is 0 Å². The molecule has 3 nitrogen and oxygen atoms in total. The molecule has 2 aromatic carbocycles. The molecule has 0 aliphatic rings. The molecule has 2 rings (SSSR count). The van der Waals surface area contributed by atoms with Crippen molar-refractivity contribution in [1.29, 1.82) is 5.41 Å². The first-order valence-electron chi connectivity index (χ1n) is 5.47. The number of nitrogens with two attached hydrogens (primary N) is 1. The molecule has 0 heterocycles. The summed E-state index contributed by atoms with van der Waals surface area (Å²) >= 11 is 3.37. The van der Waals surface area contributed by atoms with Crippen LogP contribution in [0.4, 0.5) is 0 Å². The summed E-state index contributed by atoms with van der Waals surface area (Å²) in [5.41, 5.74) is 7.15. The van der Waals surface area contributed by atoms with Crippen LogP contribution in [-0.2, 0) is 6.61 Å². The Labute approximate surface area is 114 Å². The SMILES string of the molecule is N=C(N)c1cccc(COc2ccc(Br)cc2)c1. The lowest BCUT2D eigenvalue weighted by atomic mass is 10.1. The summed E-state index contributed by atoms with van der Waals surface area (Å²) in [7, 11) is 0. The van der Waals surface area contributed by atoms with Gasteiger partial charge in [0.15, 0.2) is 0 Å². The topological polar surface area (TPSA) is 59.1 Å². The molecule has 2 aromatic rings. The standard InChI is InChI=1S/C14H13BrN2O/c15-12-4-6-13(7-5-12)18-9-10-2-1-3-11(8-10)14(16)17/h1-8H,9H2,(H3,16,17). The molecular weight excluding hydrogens is 292 g/mol. The van der Waals surface area contributed by atoms with Crippen LogP contribution in [0.1, 0.15) is 11.1 Å². The number of benzene rings is 2. The predicted molar refractivity (Wildman–Crippen MR) is 75.9 cm³/mol. The van der Waals surface area contributed by atoms with Gasteiger partial charge in [0.05, 0.1) is 0 Å². The Balaban J connectivity index is 2.04. The van der Waals surface area contributed by atoms with E-state index >= 15 is 0 Å². The van der Waals surface area contributed by atoms with Gasteiger partial charge in [0.25, 0.3) is 0 Å². The van der Waals surface area contributed by atoms with Gasteiger partial charge >= 0.3 is 0 Å². The van der Waals surface area contributed by atoms with Crippen molar-refractivity contribution in [3.8, 4) is 5.75 Å². The Kier molecular flexibility index (Phi) is 3.99. The maximum absolute atomic E-state index is 7.38. The Morgan fingerprint density at radius 2 is 1.89 bits per heavy atom. The van der Waals surface area contributed by atoms with Crippen LogP contribution in [0.3, 0.4) is 0 Å². The van der Waals surface area contributed by atoms with Crippen LogP contribution in [0.5, 0.6) is 5.75 Å². The molecule has 0 aliphatic carbocycles. The monoisotopic (exact) mass is 304 g/mol. The van der Waals surface area contributed by atoms with Gasteiger partial charge in [-0.25, -0.2) is 0 Å². The highest BCUT2D eigenvalue weighted by Crippen LogP contribution is 2.17. The molecule has 0 atom stereocenters. The van der Waals surface area contributed by atoms with Gasteiger partial charge in [-0.05, 0) is 35.9 Å². The van der Waals surface area contributed by atoms with Gasteiger partial charge in [0, 0.05) is 10.0 Å². The van der Waals surface area contributed by atoms with E-state index in [9.17, 15) is 0 Å². The number of hydrogen-bond donors (Lipinski definition) is 2. The Morgan fingerprint density at radius 3 is 2.56 bits per heavy atom. The molecule has 0 amide bonds. The second-order valence-electron chi connectivity index (χ2n) is 3.86. The smallest absolute Gasteiger partial charge is 0.122 e. The second kappa shape index (κ2) is 5.69. The van der Waals surface area contributed by atoms with Crippen LogP contribution < -0.4 is 10.5 Å². The number of halogens is 1. The van der Waals surface area contributed by atoms with E-state index in [2.05, 4.69) is 15.9 Å². The highest BCUT2D eigenvalue weighted by molar-refractivity contribution is 9.10. The summed E-state index contributed by atoms with van der Waals surface area (Å²) in [6.07, 6.45) is 0. The molecule has 0 radical (unpaired) electrons. The van der Waals surface area contributed by atoms with Crippen LogP contribution in [-0.4, -0.2) is 5.84 Å². The zero-order valence-corrected chi connectivity index (χ0v) is 11.3. The number of nitrogen functional groups attached to an aromatic ring is 1. The quantitative estimate of drug-likeness (QED) is 0.672. The third-order valence-corrected chi connectivity index (χ3v) is 2.99. The third kappa shape index (κ3) is 3.34. The van der Waals surface area contributed by atoms with E-state index < -0.39 is 0 Å². The summed E-state index contributed by atoms with van der Waals surface area (Å²) in [5.74, 6) is 0.881.